The normalized spacial score (nSPS) is 22.5. The van der Waals surface area contributed by atoms with Crippen LogP contribution >= 0.6 is 11.8 Å². The van der Waals surface area contributed by atoms with Crippen LogP contribution in [0.1, 0.15) is 37.5 Å². The Morgan fingerprint density at radius 3 is 2.35 bits per heavy atom. The van der Waals surface area contributed by atoms with Gasteiger partial charge in [0.15, 0.2) is 15.0 Å². The minimum atomic E-state index is -3.19. The number of fused-ring (bicyclic) bond motifs is 1. The van der Waals surface area contributed by atoms with Crippen LogP contribution in [0.25, 0.3) is 0 Å². The van der Waals surface area contributed by atoms with Crippen LogP contribution in [0.2, 0.25) is 0 Å². The van der Waals surface area contributed by atoms with Gasteiger partial charge in [0.1, 0.15) is 11.6 Å². The molecule has 0 saturated carbocycles. The largest absolute Gasteiger partial charge is 0.444 e. The number of aryl methyl sites for hydroxylation is 2. The summed E-state index contributed by atoms with van der Waals surface area (Å²) >= 11 is 1.32. The Bertz CT molecular complexity index is 1300. The number of sulfone groups is 1. The number of amides is 2. The Morgan fingerprint density at radius 2 is 1.73 bits per heavy atom. The van der Waals surface area contributed by atoms with E-state index in [1.165, 1.54) is 11.8 Å². The topological polar surface area (TPSA) is 105 Å². The standard InChI is InChI=1S/C27H33N3O5S2/c1-17-10-9-11-18(2)23(17)30-21-15-37(33,34)16-22(21)36-25(30)29-24(31)20(14-19-12-7-6-8-13-19)28-26(32)35-27(3,4)5/h6-13,20-22H,14-16H2,1-5H3,(H,28,32)/t20-,21-,22+/m0/s1. The minimum Gasteiger partial charge on any atom is -0.444 e. The van der Waals surface area contributed by atoms with Crippen LogP contribution in [0.3, 0.4) is 0 Å². The molecule has 198 valence electrons. The van der Waals surface area contributed by atoms with Crippen molar-refractivity contribution in [2.24, 2.45) is 4.99 Å². The van der Waals surface area contributed by atoms with Crippen molar-refractivity contribution in [2.75, 3.05) is 16.4 Å². The molecule has 2 fully saturated rings. The van der Waals surface area contributed by atoms with Crippen LogP contribution < -0.4 is 10.2 Å². The molecule has 8 nitrogen and oxygen atoms in total. The van der Waals surface area contributed by atoms with E-state index in [0.29, 0.717) is 5.17 Å². The molecule has 0 unspecified atom stereocenters. The molecule has 0 radical (unpaired) electrons. The van der Waals surface area contributed by atoms with Gasteiger partial charge in [-0.15, -0.1) is 0 Å². The zero-order valence-electron chi connectivity index (χ0n) is 21.7. The summed E-state index contributed by atoms with van der Waals surface area (Å²) in [4.78, 5) is 32.6. The van der Waals surface area contributed by atoms with Gasteiger partial charge in [-0.05, 0) is 51.3 Å². The van der Waals surface area contributed by atoms with Crippen LogP contribution in [0.5, 0.6) is 0 Å². The Morgan fingerprint density at radius 1 is 1.08 bits per heavy atom. The van der Waals surface area contributed by atoms with Crippen molar-refractivity contribution in [1.82, 2.24) is 5.32 Å². The van der Waals surface area contributed by atoms with Gasteiger partial charge in [0, 0.05) is 17.4 Å². The summed E-state index contributed by atoms with van der Waals surface area (Å²) < 4.78 is 30.3. The lowest BCUT2D eigenvalue weighted by molar-refractivity contribution is -0.119. The van der Waals surface area contributed by atoms with E-state index in [0.717, 1.165) is 22.4 Å². The van der Waals surface area contributed by atoms with E-state index in [2.05, 4.69) is 10.3 Å². The number of ether oxygens (including phenoxy) is 1. The van der Waals surface area contributed by atoms with E-state index in [1.54, 1.807) is 20.8 Å². The van der Waals surface area contributed by atoms with Crippen molar-refractivity contribution >= 4 is 44.5 Å². The molecule has 2 aliphatic heterocycles. The Kier molecular flexibility index (Phi) is 7.71. The molecule has 3 atom stereocenters. The summed E-state index contributed by atoms with van der Waals surface area (Å²) in [6, 6.07) is 14.0. The van der Waals surface area contributed by atoms with Gasteiger partial charge < -0.3 is 15.0 Å². The van der Waals surface area contributed by atoms with E-state index < -0.39 is 33.5 Å². The molecule has 2 aromatic carbocycles. The first-order valence-corrected chi connectivity index (χ1v) is 14.9. The predicted octanol–water partition coefficient (Wildman–Crippen LogP) is 4.04. The molecule has 0 spiro atoms. The monoisotopic (exact) mass is 543 g/mol. The number of amidine groups is 1. The fraction of sp³-hybridized carbons (Fsp3) is 0.444. The number of carbonyl (C=O) groups is 2. The summed E-state index contributed by atoms with van der Waals surface area (Å²) in [6.45, 7) is 9.19. The van der Waals surface area contributed by atoms with Crippen molar-refractivity contribution in [3.63, 3.8) is 0 Å². The number of thioether (sulfide) groups is 1. The van der Waals surface area contributed by atoms with Crippen LogP contribution in [-0.2, 0) is 25.8 Å². The molecule has 0 bridgehead atoms. The second-order valence-corrected chi connectivity index (χ2v) is 13.9. The van der Waals surface area contributed by atoms with Gasteiger partial charge in [-0.25, -0.2) is 13.2 Å². The third kappa shape index (κ3) is 6.54. The summed E-state index contributed by atoms with van der Waals surface area (Å²) in [7, 11) is -3.19. The molecule has 37 heavy (non-hydrogen) atoms. The first-order valence-electron chi connectivity index (χ1n) is 12.2. The zero-order valence-corrected chi connectivity index (χ0v) is 23.4. The van der Waals surface area contributed by atoms with Crippen molar-refractivity contribution in [2.45, 2.75) is 64.0 Å². The molecule has 4 rings (SSSR count). The number of hydrogen-bond donors (Lipinski definition) is 1. The average molecular weight is 544 g/mol. The van der Waals surface area contributed by atoms with Gasteiger partial charge in [0.05, 0.1) is 17.5 Å². The lowest BCUT2D eigenvalue weighted by Gasteiger charge is -2.28. The highest BCUT2D eigenvalue weighted by atomic mass is 32.2. The van der Waals surface area contributed by atoms with E-state index in [4.69, 9.17) is 4.74 Å². The second kappa shape index (κ2) is 10.5. The molecule has 10 heteroatoms. The van der Waals surface area contributed by atoms with Crippen LogP contribution in [0, 0.1) is 13.8 Å². The fourth-order valence-electron chi connectivity index (χ4n) is 4.68. The van der Waals surface area contributed by atoms with Crippen molar-refractivity contribution in [3.05, 3.63) is 65.2 Å². The first kappa shape index (κ1) is 27.2. The minimum absolute atomic E-state index is 0.00918. The van der Waals surface area contributed by atoms with Crippen molar-refractivity contribution in [3.8, 4) is 0 Å². The number of alkyl carbamates (subject to hydrolysis) is 1. The molecular weight excluding hydrogens is 510 g/mol. The number of para-hydroxylation sites is 1. The molecular formula is C27H33N3O5S2. The third-order valence-electron chi connectivity index (χ3n) is 6.22. The zero-order chi connectivity index (χ0) is 27.0. The predicted molar refractivity (Wildman–Crippen MR) is 148 cm³/mol. The first-order chi connectivity index (χ1) is 17.3. The maximum absolute atomic E-state index is 13.6. The number of nitrogens with zero attached hydrogens (tertiary/aromatic N) is 2. The molecule has 0 aliphatic carbocycles. The molecule has 2 amide bonds. The Hall–Kier alpha value is -2.85. The van der Waals surface area contributed by atoms with Gasteiger partial charge in [0.2, 0.25) is 0 Å². The molecule has 2 heterocycles. The number of rotatable bonds is 5. The van der Waals surface area contributed by atoms with E-state index in [-0.39, 0.29) is 29.2 Å². The highest BCUT2D eigenvalue weighted by molar-refractivity contribution is 8.16. The fourth-order valence-corrected chi connectivity index (χ4v) is 8.59. The lowest BCUT2D eigenvalue weighted by Crippen LogP contribution is -2.45. The Labute approximate surface area is 222 Å². The highest BCUT2D eigenvalue weighted by Gasteiger charge is 2.50. The van der Waals surface area contributed by atoms with Crippen LogP contribution in [0.15, 0.2) is 53.5 Å². The Balaban J connectivity index is 1.69. The molecule has 2 saturated heterocycles. The van der Waals surface area contributed by atoms with Gasteiger partial charge in [0.25, 0.3) is 5.91 Å². The third-order valence-corrected chi connectivity index (χ3v) is 9.43. The van der Waals surface area contributed by atoms with Gasteiger partial charge in [-0.1, -0.05) is 60.3 Å². The number of hydrogen-bond acceptors (Lipinski definition) is 6. The van der Waals surface area contributed by atoms with E-state index in [9.17, 15) is 18.0 Å². The van der Waals surface area contributed by atoms with E-state index in [1.807, 2.05) is 67.3 Å². The number of carbonyl (C=O) groups excluding carboxylic acids is 2. The van der Waals surface area contributed by atoms with Gasteiger partial charge in [-0.3, -0.25) is 4.79 Å². The lowest BCUT2D eigenvalue weighted by atomic mass is 10.1. The number of anilines is 1. The maximum Gasteiger partial charge on any atom is 0.408 e. The van der Waals surface area contributed by atoms with Gasteiger partial charge in [-0.2, -0.15) is 4.99 Å². The molecule has 2 aromatic rings. The number of benzene rings is 2. The van der Waals surface area contributed by atoms with E-state index >= 15 is 0 Å². The smallest absolute Gasteiger partial charge is 0.408 e. The molecule has 2 aliphatic rings. The van der Waals surface area contributed by atoms with Gasteiger partial charge >= 0.3 is 6.09 Å². The summed E-state index contributed by atoms with van der Waals surface area (Å²) in [6.07, 6.45) is -0.457. The van der Waals surface area contributed by atoms with Crippen molar-refractivity contribution < 1.29 is 22.7 Å². The molecule has 0 aromatic heterocycles. The summed E-state index contributed by atoms with van der Waals surface area (Å²) in [5.74, 6) is -0.466. The number of aliphatic imine (C=N–C) groups is 1. The average Bonchev–Trinajstić information content (AvgIpc) is 3.24. The maximum atomic E-state index is 13.6. The van der Waals surface area contributed by atoms with Crippen LogP contribution in [-0.4, -0.2) is 60.0 Å². The highest BCUT2D eigenvalue weighted by Crippen LogP contribution is 2.43. The SMILES string of the molecule is Cc1cccc(C)c1N1C(=NC(=O)[C@H](Cc2ccccc2)NC(=O)OC(C)(C)C)S[C@@H]2CS(=O)(=O)C[C@@H]21. The second-order valence-electron chi connectivity index (χ2n) is 10.5. The summed E-state index contributed by atoms with van der Waals surface area (Å²) in [5, 5.41) is 2.93. The molecule has 1 N–H and O–H groups in total. The number of nitrogens with one attached hydrogen (secondary N) is 1. The van der Waals surface area contributed by atoms with Crippen LogP contribution in [0.4, 0.5) is 10.5 Å². The quantitative estimate of drug-likeness (QED) is 0.607. The van der Waals surface area contributed by atoms with Crippen molar-refractivity contribution in [1.29, 1.82) is 0 Å². The summed E-state index contributed by atoms with van der Waals surface area (Å²) in [5.41, 5.74) is 2.95.